The summed E-state index contributed by atoms with van der Waals surface area (Å²) in [5.41, 5.74) is 4.08. The van der Waals surface area contributed by atoms with Crippen molar-refractivity contribution < 1.29 is 9.59 Å². The van der Waals surface area contributed by atoms with Crippen LogP contribution in [0.5, 0.6) is 0 Å². The molecule has 0 unspecified atom stereocenters. The summed E-state index contributed by atoms with van der Waals surface area (Å²) >= 11 is 8.54. The molecule has 2 aliphatic heterocycles. The summed E-state index contributed by atoms with van der Waals surface area (Å²) < 4.78 is 0.605. The zero-order chi connectivity index (χ0) is 25.1. The van der Waals surface area contributed by atoms with Crippen molar-refractivity contribution in [1.29, 1.82) is 0 Å². The summed E-state index contributed by atoms with van der Waals surface area (Å²) in [5, 5.41) is 0. The first-order valence-electron chi connectivity index (χ1n) is 12.0. The first kappa shape index (κ1) is 24.8. The third-order valence-corrected chi connectivity index (χ3v) is 8.71. The van der Waals surface area contributed by atoms with Crippen molar-refractivity contribution in [3.05, 3.63) is 88.8 Å². The van der Waals surface area contributed by atoms with Gasteiger partial charge in [0, 0.05) is 22.8 Å². The fourth-order valence-electron chi connectivity index (χ4n) is 4.31. The van der Waals surface area contributed by atoms with Gasteiger partial charge in [-0.2, -0.15) is 0 Å². The van der Waals surface area contributed by atoms with E-state index in [4.69, 9.17) is 12.2 Å². The van der Waals surface area contributed by atoms with Crippen molar-refractivity contribution in [3.8, 4) is 0 Å². The molecule has 0 bridgehead atoms. The van der Waals surface area contributed by atoms with Gasteiger partial charge in [-0.1, -0.05) is 96.3 Å². The predicted molar refractivity (Wildman–Crippen MR) is 154 cm³/mol. The minimum Gasteiger partial charge on any atom is -0.293 e. The summed E-state index contributed by atoms with van der Waals surface area (Å²) in [6.07, 6.45) is 4.79. The molecular formula is C29H26N2O2S3. The average Bonchev–Trinajstić information content (AvgIpc) is 3.15. The molecular weight excluding hydrogens is 505 g/mol. The van der Waals surface area contributed by atoms with Gasteiger partial charge < -0.3 is 0 Å². The molecule has 0 aliphatic carbocycles. The third-order valence-electron chi connectivity index (χ3n) is 6.20. The van der Waals surface area contributed by atoms with Gasteiger partial charge in [0.25, 0.3) is 5.91 Å². The first-order valence-corrected chi connectivity index (χ1v) is 14.1. The highest BCUT2D eigenvalue weighted by Crippen LogP contribution is 2.48. The number of fused-ring (bicyclic) bond motifs is 2. The Hall–Kier alpha value is -2.87. The molecule has 0 spiro atoms. The van der Waals surface area contributed by atoms with Crippen LogP contribution in [0, 0.1) is 6.92 Å². The molecule has 1 saturated heterocycles. The molecule has 2 amide bonds. The van der Waals surface area contributed by atoms with Crippen molar-refractivity contribution in [2.75, 3.05) is 11.4 Å². The zero-order valence-electron chi connectivity index (χ0n) is 20.0. The van der Waals surface area contributed by atoms with E-state index in [0.29, 0.717) is 22.2 Å². The number of unbranched alkanes of at least 4 members (excludes halogenated alkanes) is 2. The van der Waals surface area contributed by atoms with Crippen LogP contribution in [0.3, 0.4) is 0 Å². The van der Waals surface area contributed by atoms with E-state index in [0.717, 1.165) is 46.0 Å². The second-order valence-electron chi connectivity index (χ2n) is 8.82. The fourth-order valence-corrected chi connectivity index (χ4v) is 6.68. The molecule has 5 rings (SSSR count). The van der Waals surface area contributed by atoms with Crippen molar-refractivity contribution in [2.45, 2.75) is 42.4 Å². The number of rotatable bonds is 7. The van der Waals surface area contributed by atoms with E-state index < -0.39 is 0 Å². The summed E-state index contributed by atoms with van der Waals surface area (Å²) in [7, 11) is 0. The van der Waals surface area contributed by atoms with Gasteiger partial charge in [-0.15, -0.1) is 0 Å². The Labute approximate surface area is 225 Å². The van der Waals surface area contributed by atoms with Crippen molar-refractivity contribution in [3.63, 3.8) is 0 Å². The number of carbonyl (C=O) groups excluding carboxylic acids is 2. The van der Waals surface area contributed by atoms with E-state index >= 15 is 0 Å². The second-order valence-corrected chi connectivity index (χ2v) is 11.6. The van der Waals surface area contributed by atoms with Crippen LogP contribution in [-0.2, 0) is 9.59 Å². The largest absolute Gasteiger partial charge is 0.293 e. The van der Waals surface area contributed by atoms with Crippen LogP contribution in [0.1, 0.15) is 36.8 Å². The minimum absolute atomic E-state index is 0.0271. The topological polar surface area (TPSA) is 40.6 Å². The SMILES string of the molecule is Cc1ccc(C=C2SC(=S)N(CCCCCC(=O)N3c4ccccc4Sc4ccccc43)C2=O)cc1. The molecule has 0 radical (unpaired) electrons. The van der Waals surface area contributed by atoms with Crippen molar-refractivity contribution in [1.82, 2.24) is 4.90 Å². The fraction of sp³-hybridized carbons (Fsp3) is 0.207. The number of carbonyl (C=O) groups is 2. The lowest BCUT2D eigenvalue weighted by Crippen LogP contribution is -2.29. The molecule has 2 heterocycles. The first-order chi connectivity index (χ1) is 17.5. The number of nitrogens with zero attached hydrogens (tertiary/aromatic N) is 2. The molecule has 7 heteroatoms. The van der Waals surface area contributed by atoms with Crippen molar-refractivity contribution in [2.24, 2.45) is 0 Å². The number of amides is 2. The highest BCUT2D eigenvalue weighted by molar-refractivity contribution is 8.26. The lowest BCUT2D eigenvalue weighted by Gasteiger charge is -2.31. The molecule has 1 fully saturated rings. The van der Waals surface area contributed by atoms with E-state index in [1.165, 1.54) is 17.3 Å². The molecule has 182 valence electrons. The van der Waals surface area contributed by atoms with Crippen LogP contribution in [0.15, 0.2) is 87.5 Å². The second kappa shape index (κ2) is 11.0. The van der Waals surface area contributed by atoms with Gasteiger partial charge in [-0.25, -0.2) is 0 Å². The maximum Gasteiger partial charge on any atom is 0.266 e. The van der Waals surface area contributed by atoms with Gasteiger partial charge in [0.05, 0.1) is 16.3 Å². The van der Waals surface area contributed by atoms with Crippen molar-refractivity contribution >= 4 is 69.3 Å². The summed E-state index contributed by atoms with van der Waals surface area (Å²) in [6.45, 7) is 2.62. The number of anilines is 2. The molecule has 36 heavy (non-hydrogen) atoms. The molecule has 0 saturated carbocycles. The number of thiocarbonyl (C=S) groups is 1. The number of hydrogen-bond donors (Lipinski definition) is 0. The number of hydrogen-bond acceptors (Lipinski definition) is 5. The van der Waals surface area contributed by atoms with E-state index in [-0.39, 0.29) is 11.8 Å². The van der Waals surface area contributed by atoms with Gasteiger partial charge in [0.15, 0.2) is 0 Å². The van der Waals surface area contributed by atoms with E-state index in [9.17, 15) is 9.59 Å². The maximum atomic E-state index is 13.3. The van der Waals surface area contributed by atoms with E-state index in [1.54, 1.807) is 16.7 Å². The predicted octanol–water partition coefficient (Wildman–Crippen LogP) is 7.59. The van der Waals surface area contributed by atoms with Crippen LogP contribution in [0.25, 0.3) is 6.08 Å². The standard InChI is InChI=1S/C29H26N2O2S3/c1-20-14-16-21(17-15-20)19-26-28(33)30(29(34)36-26)18-8-2-3-13-27(32)31-22-9-4-6-11-24(22)35-25-12-7-5-10-23(25)31/h4-7,9-12,14-17,19H,2-3,8,13,18H2,1H3. The number of aryl methyl sites for hydroxylation is 1. The summed E-state index contributed by atoms with van der Waals surface area (Å²) in [4.78, 5) is 32.6. The number of thioether (sulfide) groups is 1. The lowest BCUT2D eigenvalue weighted by molar-refractivity contribution is -0.122. The Morgan fingerprint density at radius 2 is 1.50 bits per heavy atom. The zero-order valence-corrected chi connectivity index (χ0v) is 22.4. The molecule has 2 aliphatic rings. The van der Waals surface area contributed by atoms with E-state index in [2.05, 4.69) is 12.1 Å². The summed E-state index contributed by atoms with van der Waals surface area (Å²) in [6, 6.07) is 24.2. The Balaban J connectivity index is 1.15. The highest BCUT2D eigenvalue weighted by Gasteiger charge is 2.31. The van der Waals surface area contributed by atoms with Crippen LogP contribution >= 0.6 is 35.7 Å². The lowest BCUT2D eigenvalue weighted by atomic mass is 10.1. The smallest absolute Gasteiger partial charge is 0.266 e. The Morgan fingerprint density at radius 1 is 0.861 bits per heavy atom. The maximum absolute atomic E-state index is 13.3. The van der Waals surface area contributed by atoms with Gasteiger partial charge in [-0.3, -0.25) is 19.4 Å². The average molecular weight is 531 g/mol. The molecule has 0 N–H and O–H groups in total. The van der Waals surface area contributed by atoms with E-state index in [1.807, 2.05) is 78.6 Å². The normalized spacial score (nSPS) is 15.9. The summed E-state index contributed by atoms with van der Waals surface area (Å²) in [5.74, 6) is 0.0718. The Bertz CT molecular complexity index is 1310. The minimum atomic E-state index is -0.0271. The molecule has 3 aromatic carbocycles. The monoisotopic (exact) mass is 530 g/mol. The van der Waals surface area contributed by atoms with Gasteiger partial charge in [0.2, 0.25) is 5.91 Å². The quantitative estimate of drug-likeness (QED) is 0.179. The van der Waals surface area contributed by atoms with Gasteiger partial charge in [-0.05, 0) is 55.7 Å². The van der Waals surface area contributed by atoms with Crippen LogP contribution in [-0.4, -0.2) is 27.6 Å². The van der Waals surface area contributed by atoms with Crippen LogP contribution < -0.4 is 4.90 Å². The Morgan fingerprint density at radius 3 is 2.17 bits per heavy atom. The molecule has 0 aromatic heterocycles. The molecule has 3 aromatic rings. The van der Waals surface area contributed by atoms with Gasteiger partial charge >= 0.3 is 0 Å². The number of para-hydroxylation sites is 2. The molecule has 4 nitrogen and oxygen atoms in total. The molecule has 0 atom stereocenters. The van der Waals surface area contributed by atoms with Crippen LogP contribution in [0.2, 0.25) is 0 Å². The highest BCUT2D eigenvalue weighted by atomic mass is 32.2. The number of benzene rings is 3. The third kappa shape index (κ3) is 5.28. The van der Waals surface area contributed by atoms with Crippen LogP contribution in [0.4, 0.5) is 11.4 Å². The van der Waals surface area contributed by atoms with Gasteiger partial charge in [0.1, 0.15) is 4.32 Å². The Kier molecular flexibility index (Phi) is 7.60.